The van der Waals surface area contributed by atoms with Crippen LogP contribution >= 0.6 is 0 Å². The Morgan fingerprint density at radius 3 is 1.63 bits per heavy atom. The summed E-state index contributed by atoms with van der Waals surface area (Å²) >= 11 is 0. The molecule has 0 aliphatic heterocycles. The number of aromatic amines is 2. The summed E-state index contributed by atoms with van der Waals surface area (Å²) in [6.07, 6.45) is 3.94. The van der Waals surface area contributed by atoms with Gasteiger partial charge in [-0.15, -0.1) is 0 Å². The summed E-state index contributed by atoms with van der Waals surface area (Å²) in [4.78, 5) is 68.5. The van der Waals surface area contributed by atoms with E-state index in [4.69, 9.17) is 0 Å². The minimum Gasteiger partial charge on any atom is -0.361 e. The van der Waals surface area contributed by atoms with Crippen LogP contribution in [0.2, 0.25) is 0 Å². The first-order chi connectivity index (χ1) is 19.7. The van der Waals surface area contributed by atoms with Gasteiger partial charge in [-0.1, -0.05) is 36.4 Å². The average Bonchev–Trinajstić information content (AvgIpc) is 3.57. The molecule has 4 aromatic rings. The Morgan fingerprint density at radius 2 is 1.15 bits per heavy atom. The van der Waals surface area contributed by atoms with Crippen molar-refractivity contribution in [1.29, 1.82) is 0 Å². The maximum absolute atomic E-state index is 13.2. The van der Waals surface area contributed by atoms with E-state index >= 15 is 0 Å². The number of rotatable bonds is 12. The minimum absolute atomic E-state index is 0.144. The highest BCUT2D eigenvalue weighted by Crippen LogP contribution is 2.20. The van der Waals surface area contributed by atoms with Gasteiger partial charge in [0, 0.05) is 61.0 Å². The molecule has 7 N–H and O–H groups in total. The summed E-state index contributed by atoms with van der Waals surface area (Å²) < 4.78 is 0. The second-order valence-electron chi connectivity index (χ2n) is 9.61. The van der Waals surface area contributed by atoms with Crippen molar-refractivity contribution in [3.63, 3.8) is 0 Å². The topological polar surface area (TPSA) is 177 Å². The van der Waals surface area contributed by atoms with E-state index in [-0.39, 0.29) is 31.2 Å². The van der Waals surface area contributed by atoms with Crippen molar-refractivity contribution in [3.8, 4) is 0 Å². The van der Waals surface area contributed by atoms with Gasteiger partial charge in [-0.05, 0) is 23.3 Å². The van der Waals surface area contributed by atoms with Gasteiger partial charge in [0.2, 0.25) is 29.5 Å². The summed E-state index contributed by atoms with van der Waals surface area (Å²) in [6, 6.07) is 13.3. The molecule has 2 aromatic carbocycles. The fraction of sp³-hybridized carbons (Fsp3) is 0.276. The molecule has 0 aliphatic rings. The molecule has 2 unspecified atom stereocenters. The number of para-hydroxylation sites is 2. The van der Waals surface area contributed by atoms with E-state index in [1.165, 1.54) is 14.0 Å². The van der Waals surface area contributed by atoms with Crippen LogP contribution in [0, 0.1) is 0 Å². The lowest BCUT2D eigenvalue weighted by Crippen LogP contribution is -2.53. The van der Waals surface area contributed by atoms with Crippen molar-refractivity contribution in [2.24, 2.45) is 0 Å². The summed E-state index contributed by atoms with van der Waals surface area (Å²) in [5.74, 6) is -2.47. The van der Waals surface area contributed by atoms with E-state index in [2.05, 4.69) is 36.6 Å². The monoisotopic (exact) mass is 559 g/mol. The molecule has 5 amide bonds. The van der Waals surface area contributed by atoms with Gasteiger partial charge in [-0.3, -0.25) is 24.0 Å². The lowest BCUT2D eigenvalue weighted by Gasteiger charge is -2.20. The van der Waals surface area contributed by atoms with Gasteiger partial charge in [0.25, 0.3) is 0 Å². The Morgan fingerprint density at radius 1 is 0.683 bits per heavy atom. The second-order valence-corrected chi connectivity index (χ2v) is 9.61. The van der Waals surface area contributed by atoms with Crippen molar-refractivity contribution < 1.29 is 24.0 Å². The largest absolute Gasteiger partial charge is 0.361 e. The molecule has 0 bridgehead atoms. The highest BCUT2D eigenvalue weighted by Gasteiger charge is 2.25. The summed E-state index contributed by atoms with van der Waals surface area (Å²) in [6.45, 7) is 0.577. The van der Waals surface area contributed by atoms with Crippen molar-refractivity contribution in [3.05, 3.63) is 72.1 Å². The predicted molar refractivity (Wildman–Crippen MR) is 154 cm³/mol. The molecule has 0 saturated heterocycles. The average molecular weight is 560 g/mol. The minimum atomic E-state index is -1.02. The molecule has 0 spiro atoms. The quantitative estimate of drug-likeness (QED) is 0.133. The van der Waals surface area contributed by atoms with E-state index in [0.717, 1.165) is 32.9 Å². The first kappa shape index (κ1) is 28.9. The Balaban J connectivity index is 1.41. The molecule has 4 rings (SSSR count). The van der Waals surface area contributed by atoms with Crippen molar-refractivity contribution in [2.75, 3.05) is 20.1 Å². The maximum Gasteiger partial charge on any atom is 0.243 e. The molecule has 12 nitrogen and oxygen atoms in total. The lowest BCUT2D eigenvalue weighted by atomic mass is 10.0. The van der Waals surface area contributed by atoms with Crippen LogP contribution in [-0.2, 0) is 36.8 Å². The third-order valence-corrected chi connectivity index (χ3v) is 6.67. The molecule has 0 radical (unpaired) electrons. The molecular formula is C29H33N7O5. The van der Waals surface area contributed by atoms with E-state index < -0.39 is 36.3 Å². The van der Waals surface area contributed by atoms with E-state index in [0.29, 0.717) is 0 Å². The molecule has 214 valence electrons. The van der Waals surface area contributed by atoms with Crippen LogP contribution in [0.5, 0.6) is 0 Å². The van der Waals surface area contributed by atoms with Gasteiger partial charge in [-0.25, -0.2) is 0 Å². The number of carbonyl (C=O) groups is 5. The summed E-state index contributed by atoms with van der Waals surface area (Å²) in [7, 11) is 1.48. The zero-order valence-electron chi connectivity index (χ0n) is 22.8. The maximum atomic E-state index is 13.2. The van der Waals surface area contributed by atoms with Crippen LogP contribution in [0.4, 0.5) is 0 Å². The van der Waals surface area contributed by atoms with Gasteiger partial charge in [-0.2, -0.15) is 0 Å². The van der Waals surface area contributed by atoms with E-state index in [1.54, 1.807) is 12.4 Å². The van der Waals surface area contributed by atoms with Crippen LogP contribution in [0.15, 0.2) is 60.9 Å². The first-order valence-corrected chi connectivity index (χ1v) is 13.2. The zero-order valence-corrected chi connectivity index (χ0v) is 22.8. The third kappa shape index (κ3) is 7.50. The Hall–Kier alpha value is -5.13. The molecule has 2 atom stereocenters. The number of aromatic nitrogens is 2. The number of hydrogen-bond donors (Lipinski definition) is 7. The molecular weight excluding hydrogens is 526 g/mol. The fourth-order valence-electron chi connectivity index (χ4n) is 4.62. The number of carbonyl (C=O) groups excluding carboxylic acids is 5. The normalized spacial score (nSPS) is 12.3. The first-order valence-electron chi connectivity index (χ1n) is 13.2. The number of likely N-dealkylation sites (N-methyl/N-ethyl adjacent to an activating group) is 1. The van der Waals surface area contributed by atoms with Gasteiger partial charge in [0.15, 0.2) is 0 Å². The highest BCUT2D eigenvalue weighted by atomic mass is 16.2. The van der Waals surface area contributed by atoms with Gasteiger partial charge in [0.1, 0.15) is 12.1 Å². The molecule has 0 fully saturated rings. The summed E-state index contributed by atoms with van der Waals surface area (Å²) in [5.41, 5.74) is 3.45. The molecule has 0 saturated carbocycles. The Kier molecular flexibility index (Phi) is 9.35. The number of H-pyrrole nitrogens is 2. The van der Waals surface area contributed by atoms with Crippen LogP contribution in [0.25, 0.3) is 21.8 Å². The standard InChI is InChI=1S/C29H33N7O5/c1-17(37)31-15-26(38)36-25(12-19-14-33-23-10-6-4-8-21(19)23)29(41)34-16-27(39)35-24(28(40)30-2)11-18-13-32-22-9-5-3-7-20(18)22/h3-10,13-14,24-25,32-33H,11-12,15-16H2,1-2H3,(H,30,40)(H,31,37)(H,34,41)(H,35,39)(H,36,38). The third-order valence-electron chi connectivity index (χ3n) is 6.67. The van der Waals surface area contributed by atoms with Gasteiger partial charge >= 0.3 is 0 Å². The lowest BCUT2D eigenvalue weighted by molar-refractivity contribution is -0.131. The SMILES string of the molecule is CNC(=O)C(Cc1c[nH]c2ccccc12)NC(=O)CNC(=O)C(Cc1c[nH]c2ccccc12)NC(=O)CNC(C)=O. The van der Waals surface area contributed by atoms with E-state index in [1.807, 2.05) is 48.5 Å². The van der Waals surface area contributed by atoms with Crippen molar-refractivity contribution in [2.45, 2.75) is 31.8 Å². The van der Waals surface area contributed by atoms with E-state index in [9.17, 15) is 24.0 Å². The number of fused-ring (bicyclic) bond motifs is 2. The Bertz CT molecular complexity index is 1570. The van der Waals surface area contributed by atoms with Crippen molar-refractivity contribution >= 4 is 51.3 Å². The molecule has 2 heterocycles. The van der Waals surface area contributed by atoms with Gasteiger partial charge in [0.05, 0.1) is 13.1 Å². The smallest absolute Gasteiger partial charge is 0.243 e. The number of amides is 5. The zero-order chi connectivity index (χ0) is 29.4. The Labute approximate surface area is 236 Å². The molecule has 0 aliphatic carbocycles. The van der Waals surface area contributed by atoms with Crippen molar-refractivity contribution in [1.82, 2.24) is 36.6 Å². The molecule has 2 aromatic heterocycles. The number of hydrogen-bond acceptors (Lipinski definition) is 5. The number of nitrogens with one attached hydrogen (secondary N) is 7. The fourth-order valence-corrected chi connectivity index (χ4v) is 4.62. The van der Waals surface area contributed by atoms with Crippen LogP contribution in [-0.4, -0.2) is 71.7 Å². The van der Waals surface area contributed by atoms with Gasteiger partial charge < -0.3 is 36.6 Å². The van der Waals surface area contributed by atoms with Crippen LogP contribution in [0.3, 0.4) is 0 Å². The summed E-state index contributed by atoms with van der Waals surface area (Å²) in [5, 5.41) is 14.7. The van der Waals surface area contributed by atoms with Crippen LogP contribution in [0.1, 0.15) is 18.1 Å². The number of benzene rings is 2. The second kappa shape index (κ2) is 13.3. The molecule has 41 heavy (non-hydrogen) atoms. The highest BCUT2D eigenvalue weighted by molar-refractivity contribution is 5.94. The van der Waals surface area contributed by atoms with Crippen LogP contribution < -0.4 is 26.6 Å². The molecule has 12 heteroatoms. The predicted octanol–water partition coefficient (Wildman–Crippen LogP) is 0.402.